The van der Waals surface area contributed by atoms with E-state index in [4.69, 9.17) is 23.2 Å². The third kappa shape index (κ3) is 3.10. The summed E-state index contributed by atoms with van der Waals surface area (Å²) in [6.45, 7) is 3.65. The van der Waals surface area contributed by atoms with Gasteiger partial charge in [0.1, 0.15) is 21.2 Å². The van der Waals surface area contributed by atoms with Crippen LogP contribution in [-0.2, 0) is 9.84 Å². The molecule has 0 saturated heterocycles. The van der Waals surface area contributed by atoms with Crippen LogP contribution in [0.5, 0.6) is 0 Å². The van der Waals surface area contributed by atoms with Gasteiger partial charge in [-0.2, -0.15) is 0 Å². The van der Waals surface area contributed by atoms with Crippen molar-refractivity contribution in [1.29, 1.82) is 0 Å². The highest BCUT2D eigenvalue weighted by Crippen LogP contribution is 2.31. The van der Waals surface area contributed by atoms with E-state index in [-0.39, 0.29) is 17.2 Å². The zero-order chi connectivity index (χ0) is 15.1. The molecule has 0 spiro atoms. The second-order valence-corrected chi connectivity index (χ2v) is 8.25. The number of nitrogens with zero attached hydrogens (tertiary/aromatic N) is 2. The molecular formula is C13H16Cl2N2O2S. The van der Waals surface area contributed by atoms with E-state index in [2.05, 4.69) is 4.98 Å². The monoisotopic (exact) mass is 334 g/mol. The first-order chi connectivity index (χ1) is 9.20. The maximum absolute atomic E-state index is 11.5. The number of hydrogen-bond donors (Lipinski definition) is 0. The Kier molecular flexibility index (Phi) is 4.33. The van der Waals surface area contributed by atoms with E-state index in [1.54, 1.807) is 13.0 Å². The van der Waals surface area contributed by atoms with Crippen LogP contribution in [0.4, 0.5) is 0 Å². The van der Waals surface area contributed by atoms with Crippen molar-refractivity contribution in [3.05, 3.63) is 29.0 Å². The molecule has 0 amide bonds. The van der Waals surface area contributed by atoms with Crippen molar-refractivity contribution >= 4 is 44.1 Å². The van der Waals surface area contributed by atoms with Gasteiger partial charge in [-0.1, -0.05) is 17.7 Å². The summed E-state index contributed by atoms with van der Waals surface area (Å²) in [6, 6.07) is 5.18. The topological polar surface area (TPSA) is 52.0 Å². The van der Waals surface area contributed by atoms with Gasteiger partial charge in [0, 0.05) is 12.3 Å². The first kappa shape index (κ1) is 15.6. The summed E-state index contributed by atoms with van der Waals surface area (Å²) in [5, 5.41) is 0.201. The van der Waals surface area contributed by atoms with Gasteiger partial charge in [0.25, 0.3) is 0 Å². The lowest BCUT2D eigenvalue weighted by Crippen LogP contribution is -2.18. The highest BCUT2D eigenvalue weighted by molar-refractivity contribution is 7.90. The molecule has 110 valence electrons. The van der Waals surface area contributed by atoms with Crippen molar-refractivity contribution in [1.82, 2.24) is 9.55 Å². The molecule has 2 atom stereocenters. The fraction of sp³-hybridized carbons (Fsp3) is 0.462. The lowest BCUT2D eigenvalue weighted by molar-refractivity contribution is 0.555. The number of fused-ring (bicyclic) bond motifs is 1. The first-order valence-electron chi connectivity index (χ1n) is 6.19. The zero-order valence-electron chi connectivity index (χ0n) is 11.5. The van der Waals surface area contributed by atoms with Gasteiger partial charge >= 0.3 is 0 Å². The quantitative estimate of drug-likeness (QED) is 0.802. The Labute approximate surface area is 128 Å². The summed E-state index contributed by atoms with van der Waals surface area (Å²) >= 11 is 12.3. The van der Waals surface area contributed by atoms with Crippen LogP contribution in [0, 0.1) is 0 Å². The summed E-state index contributed by atoms with van der Waals surface area (Å²) in [5.41, 5.74) is 1.45. The largest absolute Gasteiger partial charge is 0.323 e. The van der Waals surface area contributed by atoms with E-state index in [9.17, 15) is 8.42 Å². The van der Waals surface area contributed by atoms with Gasteiger partial charge in [-0.05, 0) is 26.0 Å². The second-order valence-electron chi connectivity index (χ2n) is 5.01. The Balaban J connectivity index is 2.66. The Morgan fingerprint density at radius 1 is 1.35 bits per heavy atom. The van der Waals surface area contributed by atoms with Crippen LogP contribution in [0.2, 0.25) is 5.02 Å². The first-order valence-corrected chi connectivity index (χ1v) is 9.06. The predicted octanol–water partition coefficient (Wildman–Crippen LogP) is 3.60. The molecule has 7 heteroatoms. The summed E-state index contributed by atoms with van der Waals surface area (Å²) < 4.78 is 24.9. The zero-order valence-corrected chi connectivity index (χ0v) is 13.8. The number of benzene rings is 1. The van der Waals surface area contributed by atoms with E-state index >= 15 is 0 Å². The molecule has 1 heterocycles. The SMILES string of the molecule is CC(Cl)c1nc2c(Cl)cccc2n1C(C)CS(C)(=O)=O. The minimum absolute atomic E-state index is 0.0293. The van der Waals surface area contributed by atoms with Crippen molar-refractivity contribution in [2.24, 2.45) is 0 Å². The molecule has 0 saturated carbocycles. The fourth-order valence-corrected chi connectivity index (χ4v) is 3.75. The van der Waals surface area contributed by atoms with E-state index in [0.29, 0.717) is 16.4 Å². The molecule has 0 N–H and O–H groups in total. The number of sulfone groups is 1. The molecule has 0 bridgehead atoms. The van der Waals surface area contributed by atoms with Crippen molar-refractivity contribution in [3.8, 4) is 0 Å². The summed E-state index contributed by atoms with van der Waals surface area (Å²) in [4.78, 5) is 4.47. The number of imidazole rings is 1. The van der Waals surface area contributed by atoms with Gasteiger partial charge in [0.05, 0.1) is 21.7 Å². The summed E-state index contributed by atoms with van der Waals surface area (Å²) in [7, 11) is -3.10. The normalized spacial score (nSPS) is 15.4. The number of alkyl halides is 1. The van der Waals surface area contributed by atoms with E-state index < -0.39 is 9.84 Å². The lowest BCUT2D eigenvalue weighted by atomic mass is 10.3. The summed E-state index contributed by atoms with van der Waals surface area (Å²) in [5.74, 6) is 0.660. The second kappa shape index (κ2) is 5.54. The molecule has 0 aliphatic rings. The Bertz CT molecular complexity index is 738. The van der Waals surface area contributed by atoms with Crippen molar-refractivity contribution in [3.63, 3.8) is 0 Å². The average molecular weight is 335 g/mol. The molecule has 1 aromatic carbocycles. The van der Waals surface area contributed by atoms with Crippen LogP contribution in [0.3, 0.4) is 0 Å². The molecule has 0 fully saturated rings. The molecular weight excluding hydrogens is 319 g/mol. The van der Waals surface area contributed by atoms with Crippen molar-refractivity contribution in [2.45, 2.75) is 25.3 Å². The van der Waals surface area contributed by atoms with Gasteiger partial charge in [0.2, 0.25) is 0 Å². The maximum Gasteiger partial charge on any atom is 0.149 e. The highest BCUT2D eigenvalue weighted by atomic mass is 35.5. The van der Waals surface area contributed by atoms with Crippen LogP contribution >= 0.6 is 23.2 Å². The standard InChI is InChI=1S/C13H16Cl2N2O2S/c1-8(7-20(3,18)19)17-11-6-4-5-10(15)12(11)16-13(17)9(2)14/h4-6,8-9H,7H2,1-3H3. The molecule has 0 radical (unpaired) electrons. The smallest absolute Gasteiger partial charge is 0.149 e. The molecule has 0 aliphatic heterocycles. The number of rotatable bonds is 4. The van der Waals surface area contributed by atoms with E-state index in [0.717, 1.165) is 5.52 Å². The fourth-order valence-electron chi connectivity index (χ4n) is 2.36. The number of hydrogen-bond acceptors (Lipinski definition) is 3. The van der Waals surface area contributed by atoms with Gasteiger partial charge in [-0.15, -0.1) is 11.6 Å². The Morgan fingerprint density at radius 3 is 2.55 bits per heavy atom. The molecule has 0 aliphatic carbocycles. The minimum atomic E-state index is -3.10. The molecule has 20 heavy (non-hydrogen) atoms. The molecule has 4 nitrogen and oxygen atoms in total. The van der Waals surface area contributed by atoms with Crippen LogP contribution in [-0.4, -0.2) is 30.0 Å². The van der Waals surface area contributed by atoms with Crippen LogP contribution < -0.4 is 0 Å². The van der Waals surface area contributed by atoms with Crippen molar-refractivity contribution < 1.29 is 8.42 Å². The van der Waals surface area contributed by atoms with Gasteiger partial charge in [0.15, 0.2) is 0 Å². The number of aromatic nitrogens is 2. The van der Waals surface area contributed by atoms with Gasteiger partial charge in [-0.25, -0.2) is 13.4 Å². The Hall–Kier alpha value is -0.780. The predicted molar refractivity (Wildman–Crippen MR) is 83.4 cm³/mol. The Morgan fingerprint density at radius 2 is 2.00 bits per heavy atom. The third-order valence-corrected chi connectivity index (χ3v) is 4.63. The number of halogens is 2. The van der Waals surface area contributed by atoms with Crippen molar-refractivity contribution in [2.75, 3.05) is 12.0 Å². The van der Waals surface area contributed by atoms with Crippen LogP contribution in [0.15, 0.2) is 18.2 Å². The summed E-state index contributed by atoms with van der Waals surface area (Å²) in [6.07, 6.45) is 1.22. The maximum atomic E-state index is 11.5. The van der Waals surface area contributed by atoms with Crippen LogP contribution in [0.1, 0.15) is 31.1 Å². The van der Waals surface area contributed by atoms with Crippen LogP contribution in [0.25, 0.3) is 11.0 Å². The van der Waals surface area contributed by atoms with Gasteiger partial charge in [-0.3, -0.25) is 0 Å². The van der Waals surface area contributed by atoms with E-state index in [1.807, 2.05) is 23.6 Å². The molecule has 2 unspecified atom stereocenters. The minimum Gasteiger partial charge on any atom is -0.323 e. The lowest BCUT2D eigenvalue weighted by Gasteiger charge is -2.17. The molecule has 1 aromatic heterocycles. The third-order valence-electron chi connectivity index (χ3n) is 3.04. The van der Waals surface area contributed by atoms with Gasteiger partial charge < -0.3 is 4.57 Å². The number of para-hydroxylation sites is 1. The molecule has 2 rings (SSSR count). The molecule has 2 aromatic rings. The highest BCUT2D eigenvalue weighted by Gasteiger charge is 2.22. The van der Waals surface area contributed by atoms with E-state index in [1.165, 1.54) is 6.26 Å². The average Bonchev–Trinajstić information content (AvgIpc) is 2.67.